The minimum atomic E-state index is 0.632. The van der Waals surface area contributed by atoms with Crippen LogP contribution in [0.25, 0.3) is 0 Å². The van der Waals surface area contributed by atoms with Crippen LogP contribution in [-0.2, 0) is 0 Å². The first kappa shape index (κ1) is 12.0. The van der Waals surface area contributed by atoms with E-state index in [-0.39, 0.29) is 0 Å². The van der Waals surface area contributed by atoms with Crippen molar-refractivity contribution in [3.63, 3.8) is 0 Å². The molecule has 0 aliphatic rings. The third-order valence-corrected chi connectivity index (χ3v) is 1.80. The van der Waals surface area contributed by atoms with Gasteiger partial charge >= 0.3 is 0 Å². The van der Waals surface area contributed by atoms with Gasteiger partial charge in [0.2, 0.25) is 0 Å². The van der Waals surface area contributed by atoms with Crippen molar-refractivity contribution < 1.29 is 0 Å². The Kier molecular flexibility index (Phi) is 5.20. The van der Waals surface area contributed by atoms with E-state index < -0.39 is 0 Å². The Labute approximate surface area is 82.4 Å². The highest BCUT2D eigenvalue weighted by atomic mass is 15.1. The van der Waals surface area contributed by atoms with Gasteiger partial charge in [0.25, 0.3) is 0 Å². The fraction of sp³-hybridized carbons (Fsp3) is 0.500. The maximum Gasteiger partial charge on any atom is 0.0386 e. The topological polar surface area (TPSA) is 3.24 Å². The van der Waals surface area contributed by atoms with Crippen molar-refractivity contribution in [3.05, 3.63) is 36.7 Å². The summed E-state index contributed by atoms with van der Waals surface area (Å²) in [7, 11) is 0. The maximum atomic E-state index is 3.81. The molecule has 0 radical (unpaired) electrons. The lowest BCUT2D eigenvalue weighted by Crippen LogP contribution is -2.21. The van der Waals surface area contributed by atoms with E-state index in [0.29, 0.717) is 5.92 Å². The van der Waals surface area contributed by atoms with Crippen molar-refractivity contribution in [3.8, 4) is 0 Å². The van der Waals surface area contributed by atoms with E-state index in [4.69, 9.17) is 0 Å². The zero-order chi connectivity index (χ0) is 10.4. The van der Waals surface area contributed by atoms with E-state index in [2.05, 4.69) is 45.8 Å². The minimum Gasteiger partial charge on any atom is -0.348 e. The summed E-state index contributed by atoms with van der Waals surface area (Å²) < 4.78 is 0. The standard InChI is InChI=1S/C12H21N/c1-7-12(11(5)6)13(8-2)9-10(3)4/h7-8,10H,1-2,9H2,3-6H3. The second-order valence-corrected chi connectivity index (χ2v) is 3.82. The molecular formula is C12H21N. The normalized spacial score (nSPS) is 9.62. The van der Waals surface area contributed by atoms with Crippen molar-refractivity contribution in [1.29, 1.82) is 0 Å². The molecule has 0 aromatic carbocycles. The van der Waals surface area contributed by atoms with Crippen LogP contribution < -0.4 is 0 Å². The van der Waals surface area contributed by atoms with Crippen LogP contribution in [0.4, 0.5) is 0 Å². The number of rotatable bonds is 5. The van der Waals surface area contributed by atoms with Crippen molar-refractivity contribution in [2.75, 3.05) is 6.54 Å². The molecule has 0 spiro atoms. The highest BCUT2D eigenvalue weighted by Gasteiger charge is 2.05. The molecule has 0 N–H and O–H groups in total. The molecule has 0 unspecified atom stereocenters. The second-order valence-electron chi connectivity index (χ2n) is 3.82. The van der Waals surface area contributed by atoms with Crippen LogP contribution in [0.1, 0.15) is 27.7 Å². The fourth-order valence-corrected chi connectivity index (χ4v) is 1.27. The molecule has 1 nitrogen and oxygen atoms in total. The quantitative estimate of drug-likeness (QED) is 0.583. The van der Waals surface area contributed by atoms with Gasteiger partial charge in [-0.1, -0.05) is 32.6 Å². The van der Waals surface area contributed by atoms with Crippen LogP contribution in [0.15, 0.2) is 36.7 Å². The van der Waals surface area contributed by atoms with Gasteiger partial charge in [0.1, 0.15) is 0 Å². The van der Waals surface area contributed by atoms with Crippen LogP contribution in [0, 0.1) is 5.92 Å². The molecule has 0 saturated carbocycles. The third kappa shape index (κ3) is 3.97. The summed E-state index contributed by atoms with van der Waals surface area (Å²) in [5.41, 5.74) is 2.44. The van der Waals surface area contributed by atoms with E-state index >= 15 is 0 Å². The summed E-state index contributed by atoms with van der Waals surface area (Å²) >= 11 is 0. The van der Waals surface area contributed by atoms with E-state index in [1.807, 2.05) is 12.3 Å². The fourth-order valence-electron chi connectivity index (χ4n) is 1.27. The van der Waals surface area contributed by atoms with E-state index in [1.165, 1.54) is 11.3 Å². The summed E-state index contributed by atoms with van der Waals surface area (Å²) in [6, 6.07) is 0. The zero-order valence-electron chi connectivity index (χ0n) is 9.30. The van der Waals surface area contributed by atoms with Crippen molar-refractivity contribution >= 4 is 0 Å². The molecule has 0 aliphatic carbocycles. The van der Waals surface area contributed by atoms with E-state index in [0.717, 1.165) is 6.54 Å². The van der Waals surface area contributed by atoms with Gasteiger partial charge in [-0.05, 0) is 32.0 Å². The number of allylic oxidation sites excluding steroid dienone is 2. The average Bonchev–Trinajstić information content (AvgIpc) is 2.02. The molecule has 0 amide bonds. The Morgan fingerprint density at radius 3 is 2.08 bits per heavy atom. The zero-order valence-corrected chi connectivity index (χ0v) is 9.30. The van der Waals surface area contributed by atoms with Crippen LogP contribution >= 0.6 is 0 Å². The Bertz CT molecular complexity index is 207. The lowest BCUT2D eigenvalue weighted by Gasteiger charge is -2.24. The molecule has 0 heterocycles. The summed E-state index contributed by atoms with van der Waals surface area (Å²) in [4.78, 5) is 2.15. The monoisotopic (exact) mass is 179 g/mol. The smallest absolute Gasteiger partial charge is 0.0386 e. The van der Waals surface area contributed by atoms with Crippen molar-refractivity contribution in [2.24, 2.45) is 5.92 Å². The van der Waals surface area contributed by atoms with Crippen LogP contribution in [-0.4, -0.2) is 11.4 Å². The molecule has 74 valence electrons. The predicted octanol–water partition coefficient (Wildman–Crippen LogP) is 3.57. The molecular weight excluding hydrogens is 158 g/mol. The lowest BCUT2D eigenvalue weighted by molar-refractivity contribution is 0.404. The molecule has 0 rings (SSSR count). The first-order valence-corrected chi connectivity index (χ1v) is 4.72. The lowest BCUT2D eigenvalue weighted by atomic mass is 10.1. The number of hydrogen-bond donors (Lipinski definition) is 0. The summed E-state index contributed by atoms with van der Waals surface area (Å²) in [6.07, 6.45) is 3.75. The molecule has 0 aliphatic heterocycles. The first-order chi connectivity index (χ1) is 6.02. The van der Waals surface area contributed by atoms with Gasteiger partial charge in [0, 0.05) is 12.2 Å². The number of hydrogen-bond acceptors (Lipinski definition) is 1. The van der Waals surface area contributed by atoms with Gasteiger partial charge in [-0.2, -0.15) is 0 Å². The summed E-state index contributed by atoms with van der Waals surface area (Å²) in [5.74, 6) is 0.632. The highest BCUT2D eigenvalue weighted by molar-refractivity contribution is 5.22. The Morgan fingerprint density at radius 1 is 1.31 bits per heavy atom. The molecule has 0 saturated heterocycles. The average molecular weight is 179 g/mol. The van der Waals surface area contributed by atoms with Gasteiger partial charge in [-0.3, -0.25) is 0 Å². The molecule has 0 aromatic heterocycles. The molecule has 1 heteroatoms. The Balaban J connectivity index is 4.64. The third-order valence-electron chi connectivity index (χ3n) is 1.80. The molecule has 0 fully saturated rings. The largest absolute Gasteiger partial charge is 0.348 e. The summed E-state index contributed by atoms with van der Waals surface area (Å²) in [5, 5.41) is 0. The van der Waals surface area contributed by atoms with Gasteiger partial charge in [-0.15, -0.1) is 0 Å². The minimum absolute atomic E-state index is 0.632. The first-order valence-electron chi connectivity index (χ1n) is 4.72. The number of nitrogens with zero attached hydrogens (tertiary/aromatic N) is 1. The van der Waals surface area contributed by atoms with Gasteiger partial charge in [-0.25, -0.2) is 0 Å². The van der Waals surface area contributed by atoms with Crippen LogP contribution in [0.5, 0.6) is 0 Å². The second kappa shape index (κ2) is 5.63. The molecule has 0 bridgehead atoms. The van der Waals surface area contributed by atoms with Crippen LogP contribution in [0.2, 0.25) is 0 Å². The Hall–Kier alpha value is -0.980. The van der Waals surface area contributed by atoms with Crippen LogP contribution in [0.3, 0.4) is 0 Å². The van der Waals surface area contributed by atoms with Crippen molar-refractivity contribution in [1.82, 2.24) is 4.90 Å². The van der Waals surface area contributed by atoms with Gasteiger partial charge < -0.3 is 4.90 Å². The van der Waals surface area contributed by atoms with Gasteiger partial charge in [0.15, 0.2) is 0 Å². The highest BCUT2D eigenvalue weighted by Crippen LogP contribution is 2.13. The molecule has 0 atom stereocenters. The molecule has 0 aromatic rings. The predicted molar refractivity (Wildman–Crippen MR) is 60.3 cm³/mol. The van der Waals surface area contributed by atoms with Gasteiger partial charge in [0.05, 0.1) is 0 Å². The summed E-state index contributed by atoms with van der Waals surface area (Å²) in [6.45, 7) is 17.2. The SMILES string of the molecule is C=CC(=C(C)C)N(C=C)CC(C)C. The van der Waals surface area contributed by atoms with Crippen molar-refractivity contribution in [2.45, 2.75) is 27.7 Å². The van der Waals surface area contributed by atoms with E-state index in [9.17, 15) is 0 Å². The van der Waals surface area contributed by atoms with E-state index in [1.54, 1.807) is 0 Å². The Morgan fingerprint density at radius 2 is 1.85 bits per heavy atom. The molecule has 13 heavy (non-hydrogen) atoms. The maximum absolute atomic E-state index is 3.81.